The average molecular weight is 156 g/mol. The highest BCUT2D eigenvalue weighted by Gasteiger charge is 2.15. The summed E-state index contributed by atoms with van der Waals surface area (Å²) < 4.78 is 1.38. The maximum atomic E-state index is 10.3. The van der Waals surface area contributed by atoms with Gasteiger partial charge in [0.05, 0.1) is 4.92 Å². The lowest BCUT2D eigenvalue weighted by Crippen LogP contribution is -2.01. The molecule has 0 aliphatic rings. The number of nitrogens with zero attached hydrogens (tertiary/aromatic N) is 3. The van der Waals surface area contributed by atoms with E-state index >= 15 is 0 Å². The Bertz CT molecular complexity index is 280. The van der Waals surface area contributed by atoms with Crippen LogP contribution >= 0.6 is 0 Å². The number of hydrogen-bond donors (Lipinski definition) is 1. The van der Waals surface area contributed by atoms with E-state index in [1.54, 1.807) is 7.05 Å². The van der Waals surface area contributed by atoms with E-state index in [-0.39, 0.29) is 12.2 Å². The normalized spacial score (nSPS) is 10.0. The molecule has 0 aliphatic heterocycles. The molecule has 0 radical (unpaired) electrons. The minimum Gasteiger partial charge on any atom is -0.325 e. The van der Waals surface area contributed by atoms with Gasteiger partial charge in [0, 0.05) is 13.6 Å². The Hall–Kier alpha value is -1.43. The Kier molecular flexibility index (Phi) is 1.86. The van der Waals surface area contributed by atoms with Crippen LogP contribution in [0, 0.1) is 10.1 Å². The van der Waals surface area contributed by atoms with Gasteiger partial charge in [0.1, 0.15) is 6.20 Å². The highest BCUT2D eigenvalue weighted by Crippen LogP contribution is 2.14. The number of nitro groups is 1. The lowest BCUT2D eigenvalue weighted by atomic mass is 10.4. The van der Waals surface area contributed by atoms with Crippen LogP contribution in [-0.2, 0) is 13.6 Å². The summed E-state index contributed by atoms with van der Waals surface area (Å²) in [7, 11) is 1.62. The summed E-state index contributed by atoms with van der Waals surface area (Å²) in [6.07, 6.45) is 1.34. The van der Waals surface area contributed by atoms with Crippen LogP contribution in [0.2, 0.25) is 0 Å². The fraction of sp³-hybridized carbons (Fsp3) is 0.400. The first kappa shape index (κ1) is 7.67. The molecule has 0 bridgehead atoms. The van der Waals surface area contributed by atoms with Crippen molar-refractivity contribution < 1.29 is 4.92 Å². The van der Waals surface area contributed by atoms with E-state index in [4.69, 9.17) is 5.73 Å². The quantitative estimate of drug-likeness (QED) is 0.474. The van der Waals surface area contributed by atoms with Crippen LogP contribution in [0.5, 0.6) is 0 Å². The fourth-order valence-corrected chi connectivity index (χ4v) is 0.820. The molecular weight excluding hydrogens is 148 g/mol. The highest BCUT2D eigenvalue weighted by atomic mass is 16.6. The Morgan fingerprint density at radius 2 is 2.55 bits per heavy atom. The number of rotatable bonds is 2. The minimum absolute atomic E-state index is 0.0185. The Morgan fingerprint density at radius 1 is 1.91 bits per heavy atom. The zero-order valence-corrected chi connectivity index (χ0v) is 6.02. The Balaban J connectivity index is 3.12. The van der Waals surface area contributed by atoms with E-state index in [0.29, 0.717) is 5.69 Å². The van der Waals surface area contributed by atoms with Crippen molar-refractivity contribution in [3.63, 3.8) is 0 Å². The van der Waals surface area contributed by atoms with Gasteiger partial charge in [-0.05, 0) is 0 Å². The minimum atomic E-state index is -0.491. The van der Waals surface area contributed by atoms with Crippen LogP contribution < -0.4 is 5.73 Å². The van der Waals surface area contributed by atoms with E-state index in [0.717, 1.165) is 0 Å². The molecule has 2 N–H and O–H groups in total. The summed E-state index contributed by atoms with van der Waals surface area (Å²) in [5.74, 6) is 0. The summed E-state index contributed by atoms with van der Waals surface area (Å²) in [6.45, 7) is 0.0944. The van der Waals surface area contributed by atoms with Crippen LogP contribution in [0.4, 0.5) is 5.69 Å². The van der Waals surface area contributed by atoms with E-state index in [9.17, 15) is 10.1 Å². The molecule has 1 heterocycles. The molecule has 0 atom stereocenters. The van der Waals surface area contributed by atoms with E-state index in [2.05, 4.69) is 5.10 Å². The van der Waals surface area contributed by atoms with Gasteiger partial charge in [0.2, 0.25) is 0 Å². The van der Waals surface area contributed by atoms with Gasteiger partial charge in [-0.3, -0.25) is 14.8 Å². The molecule has 0 saturated heterocycles. The van der Waals surface area contributed by atoms with Crippen LogP contribution in [0.25, 0.3) is 0 Å². The molecule has 60 valence electrons. The lowest BCUT2D eigenvalue weighted by Gasteiger charge is -1.86. The van der Waals surface area contributed by atoms with Crippen molar-refractivity contribution in [3.8, 4) is 0 Å². The van der Waals surface area contributed by atoms with Gasteiger partial charge >= 0.3 is 5.69 Å². The molecule has 6 nitrogen and oxygen atoms in total. The summed E-state index contributed by atoms with van der Waals surface area (Å²) in [6, 6.07) is 0. The molecule has 0 unspecified atom stereocenters. The molecule has 0 aromatic carbocycles. The number of nitrogens with two attached hydrogens (primary N) is 1. The van der Waals surface area contributed by atoms with Crippen LogP contribution in [0.1, 0.15) is 5.69 Å². The molecule has 11 heavy (non-hydrogen) atoms. The second kappa shape index (κ2) is 2.67. The summed E-state index contributed by atoms with van der Waals surface area (Å²) in [5.41, 5.74) is 5.52. The van der Waals surface area contributed by atoms with Gasteiger partial charge in [-0.1, -0.05) is 0 Å². The first-order valence-electron chi connectivity index (χ1n) is 3.02. The monoisotopic (exact) mass is 156 g/mol. The molecule has 1 aromatic heterocycles. The Labute approximate surface area is 62.8 Å². The van der Waals surface area contributed by atoms with E-state index in [1.807, 2.05) is 0 Å². The maximum Gasteiger partial charge on any atom is 0.311 e. The van der Waals surface area contributed by atoms with Gasteiger partial charge in [-0.15, -0.1) is 0 Å². The standard InChI is InChI=1S/C5H8N4O2/c1-8-3-5(9(10)11)4(2-6)7-8/h3H,2,6H2,1H3. The van der Waals surface area contributed by atoms with Gasteiger partial charge in [-0.25, -0.2) is 0 Å². The summed E-state index contributed by atoms with van der Waals surface area (Å²) >= 11 is 0. The van der Waals surface area contributed by atoms with Gasteiger partial charge in [-0.2, -0.15) is 5.10 Å². The third-order valence-corrected chi connectivity index (χ3v) is 1.27. The third-order valence-electron chi connectivity index (χ3n) is 1.27. The van der Waals surface area contributed by atoms with Crippen molar-refractivity contribution in [1.82, 2.24) is 9.78 Å². The molecular formula is C5H8N4O2. The number of aryl methyl sites for hydroxylation is 1. The number of hydrogen-bond acceptors (Lipinski definition) is 4. The SMILES string of the molecule is Cn1cc([N+](=O)[O-])c(CN)n1. The largest absolute Gasteiger partial charge is 0.325 e. The van der Waals surface area contributed by atoms with Crippen molar-refractivity contribution in [3.05, 3.63) is 22.0 Å². The van der Waals surface area contributed by atoms with E-state index < -0.39 is 4.92 Å². The maximum absolute atomic E-state index is 10.3. The Morgan fingerprint density at radius 3 is 2.91 bits per heavy atom. The first-order chi connectivity index (χ1) is 5.15. The first-order valence-corrected chi connectivity index (χ1v) is 3.02. The van der Waals surface area contributed by atoms with Crippen molar-refractivity contribution in [1.29, 1.82) is 0 Å². The summed E-state index contributed by atoms with van der Waals surface area (Å²) in [4.78, 5) is 9.80. The zero-order valence-electron chi connectivity index (χ0n) is 6.02. The van der Waals surface area contributed by atoms with Gasteiger partial charge in [0.25, 0.3) is 0 Å². The molecule has 0 spiro atoms. The molecule has 1 rings (SSSR count). The smallest absolute Gasteiger partial charge is 0.311 e. The predicted octanol–water partition coefficient (Wildman–Crippen LogP) is -0.213. The molecule has 6 heteroatoms. The molecule has 0 fully saturated rings. The van der Waals surface area contributed by atoms with Crippen molar-refractivity contribution in [2.45, 2.75) is 6.54 Å². The number of aromatic nitrogens is 2. The van der Waals surface area contributed by atoms with Gasteiger partial charge in [0.15, 0.2) is 5.69 Å². The summed E-state index contributed by atoms with van der Waals surface area (Å²) in [5, 5.41) is 14.1. The van der Waals surface area contributed by atoms with Crippen molar-refractivity contribution >= 4 is 5.69 Å². The van der Waals surface area contributed by atoms with Crippen LogP contribution in [-0.4, -0.2) is 14.7 Å². The molecule has 0 aliphatic carbocycles. The zero-order chi connectivity index (χ0) is 8.43. The van der Waals surface area contributed by atoms with Crippen LogP contribution in [0.15, 0.2) is 6.20 Å². The average Bonchev–Trinajstić information content (AvgIpc) is 2.30. The van der Waals surface area contributed by atoms with Gasteiger partial charge < -0.3 is 5.73 Å². The van der Waals surface area contributed by atoms with Crippen molar-refractivity contribution in [2.24, 2.45) is 12.8 Å². The second-order valence-corrected chi connectivity index (χ2v) is 2.10. The lowest BCUT2D eigenvalue weighted by molar-refractivity contribution is -0.385. The molecule has 0 saturated carbocycles. The third kappa shape index (κ3) is 1.35. The second-order valence-electron chi connectivity index (χ2n) is 2.10. The van der Waals surface area contributed by atoms with Crippen LogP contribution in [0.3, 0.4) is 0 Å². The fourth-order valence-electron chi connectivity index (χ4n) is 0.820. The molecule has 1 aromatic rings. The predicted molar refractivity (Wildman–Crippen MR) is 37.8 cm³/mol. The molecule has 0 amide bonds. The van der Waals surface area contributed by atoms with Crippen molar-refractivity contribution in [2.75, 3.05) is 0 Å². The topological polar surface area (TPSA) is 87.0 Å². The van der Waals surface area contributed by atoms with E-state index in [1.165, 1.54) is 10.9 Å². The highest BCUT2D eigenvalue weighted by molar-refractivity contribution is 5.31.